The van der Waals surface area contributed by atoms with Crippen molar-refractivity contribution in [3.63, 3.8) is 0 Å². The minimum absolute atomic E-state index is 0.205. The van der Waals surface area contributed by atoms with Crippen molar-refractivity contribution in [2.45, 2.75) is 46.5 Å². The van der Waals surface area contributed by atoms with Crippen LogP contribution in [-0.4, -0.2) is 103 Å². The maximum Gasteiger partial charge on any atom is 0.251 e. The number of carbonyl (C=O) groups is 1. The average Bonchev–Trinajstić information content (AvgIpc) is 3.04. The monoisotopic (exact) mass is 610 g/mol. The molecule has 3 aromatic rings. The topological polar surface area (TPSA) is 140 Å². The Hall–Kier alpha value is -3.42. The minimum atomic E-state index is -0.242. The van der Waals surface area contributed by atoms with E-state index in [2.05, 4.69) is 25.3 Å². The number of pyridine rings is 1. The predicted octanol–water partition coefficient (Wildman–Crippen LogP) is 4.08. The normalized spacial score (nSPS) is 11.4. The first-order valence-electron chi connectivity index (χ1n) is 15.2. The Labute approximate surface area is 260 Å². The highest BCUT2D eigenvalue weighted by Crippen LogP contribution is 2.25. The van der Waals surface area contributed by atoms with Gasteiger partial charge in [0.05, 0.1) is 70.8 Å². The van der Waals surface area contributed by atoms with E-state index < -0.39 is 0 Å². The second kappa shape index (κ2) is 19.8. The van der Waals surface area contributed by atoms with Crippen molar-refractivity contribution in [3.05, 3.63) is 54.1 Å². The summed E-state index contributed by atoms with van der Waals surface area (Å²) in [7, 11) is 0. The number of nitrogens with zero attached hydrogens (tertiary/aromatic N) is 5. The molecule has 3 aromatic heterocycles. The first kappa shape index (κ1) is 35.1. The summed E-state index contributed by atoms with van der Waals surface area (Å²) in [5, 5.41) is 2.92. The molecule has 0 bridgehead atoms. The molecule has 0 saturated heterocycles. The van der Waals surface area contributed by atoms with Gasteiger partial charge in [-0.25, -0.2) is 24.9 Å². The number of aromatic nitrogens is 5. The number of hydrogen-bond donors (Lipinski definition) is 1. The standard InChI is InChI=1S/C32H46N6O6/c1-6-40-9-10-42-13-14-44-16-15-43-12-11-41-8-7-33-32(39)25-17-28(26-19-34-30(23(2)3)35-20-26)38-29(18-25)27-21-36-31(24(4)5)37-22-27/h17-24H,6-16H2,1-5H3,(H,33,39). The molecular formula is C32H46N6O6. The van der Waals surface area contributed by atoms with Crippen molar-refractivity contribution >= 4 is 5.91 Å². The molecule has 0 atom stereocenters. The highest BCUT2D eigenvalue weighted by atomic mass is 16.6. The Morgan fingerprint density at radius 2 is 1.02 bits per heavy atom. The van der Waals surface area contributed by atoms with Crippen molar-refractivity contribution in [1.82, 2.24) is 30.2 Å². The first-order chi connectivity index (χ1) is 21.4. The molecule has 1 N–H and O–H groups in total. The minimum Gasteiger partial charge on any atom is -0.379 e. The van der Waals surface area contributed by atoms with E-state index >= 15 is 0 Å². The van der Waals surface area contributed by atoms with Crippen molar-refractivity contribution in [3.8, 4) is 22.5 Å². The van der Waals surface area contributed by atoms with Crippen molar-refractivity contribution < 1.29 is 28.5 Å². The number of amides is 1. The summed E-state index contributed by atoms with van der Waals surface area (Å²) in [4.78, 5) is 35.8. The van der Waals surface area contributed by atoms with Crippen molar-refractivity contribution in [2.24, 2.45) is 0 Å². The van der Waals surface area contributed by atoms with Gasteiger partial charge in [0, 0.05) is 66.5 Å². The molecule has 0 aliphatic carbocycles. The zero-order chi connectivity index (χ0) is 31.6. The maximum absolute atomic E-state index is 13.1. The lowest BCUT2D eigenvalue weighted by Crippen LogP contribution is -2.28. The predicted molar refractivity (Wildman–Crippen MR) is 167 cm³/mol. The molecule has 44 heavy (non-hydrogen) atoms. The van der Waals surface area contributed by atoms with E-state index in [0.717, 1.165) is 11.6 Å². The summed E-state index contributed by atoms with van der Waals surface area (Å²) in [6.45, 7) is 15.5. The Morgan fingerprint density at radius 3 is 1.41 bits per heavy atom. The molecule has 3 rings (SSSR count). The van der Waals surface area contributed by atoms with Crippen LogP contribution in [-0.2, 0) is 23.7 Å². The third-order valence-corrected chi connectivity index (χ3v) is 6.28. The lowest BCUT2D eigenvalue weighted by molar-refractivity contribution is -0.00992. The number of hydrogen-bond acceptors (Lipinski definition) is 11. The van der Waals surface area contributed by atoms with Crippen LogP contribution in [0.25, 0.3) is 22.5 Å². The molecule has 0 aliphatic rings. The Morgan fingerprint density at radius 1 is 0.636 bits per heavy atom. The van der Waals surface area contributed by atoms with Gasteiger partial charge in [0.25, 0.3) is 5.91 Å². The molecule has 0 aliphatic heterocycles. The summed E-state index contributed by atoms with van der Waals surface area (Å²) < 4.78 is 27.2. The molecule has 0 fully saturated rings. The number of carbonyl (C=O) groups excluding carboxylic acids is 1. The van der Waals surface area contributed by atoms with Gasteiger partial charge in [-0.2, -0.15) is 0 Å². The molecule has 3 heterocycles. The first-order valence-corrected chi connectivity index (χ1v) is 15.2. The molecule has 0 saturated carbocycles. The van der Waals surface area contributed by atoms with E-state index in [1.54, 1.807) is 36.9 Å². The van der Waals surface area contributed by atoms with Crippen LogP contribution < -0.4 is 5.32 Å². The largest absolute Gasteiger partial charge is 0.379 e. The van der Waals surface area contributed by atoms with Gasteiger partial charge in [-0.3, -0.25) is 4.79 Å². The summed E-state index contributed by atoms with van der Waals surface area (Å²) in [5.74, 6) is 1.66. The van der Waals surface area contributed by atoms with E-state index in [1.807, 2.05) is 34.6 Å². The summed E-state index contributed by atoms with van der Waals surface area (Å²) in [6.07, 6.45) is 6.93. The highest BCUT2D eigenvalue weighted by molar-refractivity contribution is 5.96. The SMILES string of the molecule is CCOCCOCCOCCOCCOCCNC(=O)c1cc(-c2cnc(C(C)C)nc2)nc(-c2cnc(C(C)C)nc2)c1. The zero-order valence-electron chi connectivity index (χ0n) is 26.6. The van der Waals surface area contributed by atoms with Crippen molar-refractivity contribution in [1.29, 1.82) is 0 Å². The fourth-order valence-electron chi connectivity index (χ4n) is 3.86. The van der Waals surface area contributed by atoms with E-state index in [1.165, 1.54) is 0 Å². The van der Waals surface area contributed by atoms with E-state index in [-0.39, 0.29) is 17.7 Å². The van der Waals surface area contributed by atoms with Gasteiger partial charge in [-0.1, -0.05) is 27.7 Å². The average molecular weight is 611 g/mol. The van der Waals surface area contributed by atoms with Gasteiger partial charge >= 0.3 is 0 Å². The van der Waals surface area contributed by atoms with E-state index in [9.17, 15) is 4.79 Å². The summed E-state index contributed by atoms with van der Waals surface area (Å²) in [6, 6.07) is 3.47. The van der Waals surface area contributed by atoms with Crippen LogP contribution in [0.4, 0.5) is 0 Å². The number of nitrogens with one attached hydrogen (secondary N) is 1. The van der Waals surface area contributed by atoms with Crippen LogP contribution in [0.15, 0.2) is 36.9 Å². The second-order valence-corrected chi connectivity index (χ2v) is 10.5. The summed E-state index contributed by atoms with van der Waals surface area (Å²) in [5.41, 5.74) is 3.05. The maximum atomic E-state index is 13.1. The van der Waals surface area contributed by atoms with Gasteiger partial charge in [0.1, 0.15) is 11.6 Å². The molecule has 0 aromatic carbocycles. The van der Waals surface area contributed by atoms with Crippen LogP contribution in [0.3, 0.4) is 0 Å². The highest BCUT2D eigenvalue weighted by Gasteiger charge is 2.15. The molecule has 0 unspecified atom stereocenters. The lowest BCUT2D eigenvalue weighted by Gasteiger charge is -2.11. The van der Waals surface area contributed by atoms with E-state index in [0.29, 0.717) is 101 Å². The van der Waals surface area contributed by atoms with Gasteiger partial charge in [0.2, 0.25) is 0 Å². The fourth-order valence-corrected chi connectivity index (χ4v) is 3.86. The van der Waals surface area contributed by atoms with Crippen LogP contribution in [0.5, 0.6) is 0 Å². The van der Waals surface area contributed by atoms with Crippen LogP contribution in [0, 0.1) is 0 Å². The lowest BCUT2D eigenvalue weighted by atomic mass is 10.1. The van der Waals surface area contributed by atoms with E-state index in [4.69, 9.17) is 28.7 Å². The van der Waals surface area contributed by atoms with Gasteiger partial charge < -0.3 is 29.0 Å². The van der Waals surface area contributed by atoms with Crippen LogP contribution in [0.1, 0.15) is 68.5 Å². The van der Waals surface area contributed by atoms with Crippen molar-refractivity contribution in [2.75, 3.05) is 72.6 Å². The third-order valence-electron chi connectivity index (χ3n) is 6.28. The molecule has 1 amide bonds. The van der Waals surface area contributed by atoms with Gasteiger partial charge in [-0.15, -0.1) is 0 Å². The van der Waals surface area contributed by atoms with Gasteiger partial charge in [0.15, 0.2) is 0 Å². The van der Waals surface area contributed by atoms with Crippen LogP contribution >= 0.6 is 0 Å². The number of ether oxygens (including phenoxy) is 5. The zero-order valence-corrected chi connectivity index (χ0v) is 26.6. The molecular weight excluding hydrogens is 564 g/mol. The third kappa shape index (κ3) is 12.3. The second-order valence-electron chi connectivity index (χ2n) is 10.5. The number of rotatable bonds is 21. The van der Waals surface area contributed by atoms with Crippen LogP contribution in [0.2, 0.25) is 0 Å². The molecule has 0 radical (unpaired) electrons. The Bertz CT molecular complexity index is 1170. The molecule has 12 heteroatoms. The molecule has 12 nitrogen and oxygen atoms in total. The Balaban J connectivity index is 1.46. The van der Waals surface area contributed by atoms with Gasteiger partial charge in [-0.05, 0) is 19.1 Å². The molecule has 240 valence electrons. The Kier molecular flexibility index (Phi) is 15.8. The fraction of sp³-hybridized carbons (Fsp3) is 0.562. The summed E-state index contributed by atoms with van der Waals surface area (Å²) >= 11 is 0. The molecule has 0 spiro atoms. The smallest absolute Gasteiger partial charge is 0.251 e. The quantitative estimate of drug-likeness (QED) is 0.175.